The highest BCUT2D eigenvalue weighted by Crippen LogP contribution is 2.11. The molecule has 3 heteroatoms. The quantitative estimate of drug-likeness (QED) is 0.732. The maximum absolute atomic E-state index is 5.55. The highest BCUT2D eigenvalue weighted by Gasteiger charge is 1.92. The zero-order chi connectivity index (χ0) is 10.2. The van der Waals surface area contributed by atoms with Crippen molar-refractivity contribution in [2.75, 3.05) is 24.7 Å². The van der Waals surface area contributed by atoms with Gasteiger partial charge < -0.3 is 10.5 Å². The van der Waals surface area contributed by atoms with Gasteiger partial charge in [0.05, 0.1) is 6.61 Å². The van der Waals surface area contributed by atoms with E-state index < -0.39 is 0 Å². The Bertz CT molecular complexity index is 248. The molecule has 0 radical (unpaired) electrons. The van der Waals surface area contributed by atoms with E-state index in [1.807, 2.05) is 23.9 Å². The Labute approximate surface area is 89.8 Å². The number of nitrogens with two attached hydrogens (primary N) is 1. The van der Waals surface area contributed by atoms with Crippen LogP contribution in [0.4, 0.5) is 0 Å². The van der Waals surface area contributed by atoms with Crippen molar-refractivity contribution in [1.29, 1.82) is 0 Å². The van der Waals surface area contributed by atoms with Crippen molar-refractivity contribution >= 4 is 11.8 Å². The third kappa shape index (κ3) is 4.53. The summed E-state index contributed by atoms with van der Waals surface area (Å²) in [5.74, 6) is 2.96. The summed E-state index contributed by atoms with van der Waals surface area (Å²) in [5.41, 5.74) is 6.64. The Kier molecular flexibility index (Phi) is 5.49. The fourth-order valence-electron chi connectivity index (χ4n) is 1.04. The largest absolute Gasteiger partial charge is 0.493 e. The SMILES string of the molecule is Cc1ccc(OCCSCCN)cc1. The summed E-state index contributed by atoms with van der Waals surface area (Å²) in [7, 11) is 0. The molecule has 14 heavy (non-hydrogen) atoms. The molecule has 0 atom stereocenters. The van der Waals surface area contributed by atoms with E-state index in [0.717, 1.165) is 30.4 Å². The molecule has 2 N–H and O–H groups in total. The van der Waals surface area contributed by atoms with Crippen LogP contribution in [0.3, 0.4) is 0 Å². The van der Waals surface area contributed by atoms with E-state index in [1.165, 1.54) is 5.56 Å². The maximum Gasteiger partial charge on any atom is 0.119 e. The summed E-state index contributed by atoms with van der Waals surface area (Å²) in [4.78, 5) is 0. The molecule has 0 heterocycles. The lowest BCUT2D eigenvalue weighted by Crippen LogP contribution is -2.05. The minimum Gasteiger partial charge on any atom is -0.493 e. The second-order valence-corrected chi connectivity index (χ2v) is 4.29. The monoisotopic (exact) mass is 211 g/mol. The van der Waals surface area contributed by atoms with Gasteiger partial charge in [0.1, 0.15) is 5.75 Å². The fraction of sp³-hybridized carbons (Fsp3) is 0.455. The molecular weight excluding hydrogens is 194 g/mol. The molecule has 0 aliphatic carbocycles. The van der Waals surface area contributed by atoms with Gasteiger partial charge in [0.15, 0.2) is 0 Å². The predicted molar refractivity (Wildman–Crippen MR) is 63.1 cm³/mol. The molecule has 0 aliphatic heterocycles. The lowest BCUT2D eigenvalue weighted by Gasteiger charge is -2.05. The van der Waals surface area contributed by atoms with Crippen LogP contribution in [-0.4, -0.2) is 24.7 Å². The average Bonchev–Trinajstić information content (AvgIpc) is 2.21. The number of ether oxygens (including phenoxy) is 1. The summed E-state index contributed by atoms with van der Waals surface area (Å²) in [6.07, 6.45) is 0. The van der Waals surface area contributed by atoms with Crippen LogP contribution in [-0.2, 0) is 0 Å². The highest BCUT2D eigenvalue weighted by molar-refractivity contribution is 7.99. The zero-order valence-electron chi connectivity index (χ0n) is 8.53. The molecule has 0 saturated heterocycles. The van der Waals surface area contributed by atoms with E-state index in [0.29, 0.717) is 0 Å². The normalized spacial score (nSPS) is 10.1. The van der Waals surface area contributed by atoms with Crippen molar-refractivity contribution in [3.63, 3.8) is 0 Å². The minimum absolute atomic E-state index is 0.745. The fourth-order valence-corrected chi connectivity index (χ4v) is 1.61. The maximum atomic E-state index is 5.55. The lowest BCUT2D eigenvalue weighted by molar-refractivity contribution is 0.344. The van der Waals surface area contributed by atoms with Gasteiger partial charge in [-0.25, -0.2) is 0 Å². The Balaban J connectivity index is 2.15. The van der Waals surface area contributed by atoms with Crippen LogP contribution in [0.15, 0.2) is 24.3 Å². The Morgan fingerprint density at radius 3 is 2.57 bits per heavy atom. The number of aryl methyl sites for hydroxylation is 1. The molecule has 1 aromatic carbocycles. The molecule has 0 fully saturated rings. The smallest absolute Gasteiger partial charge is 0.119 e. The van der Waals surface area contributed by atoms with Gasteiger partial charge in [-0.15, -0.1) is 0 Å². The van der Waals surface area contributed by atoms with Crippen LogP contribution >= 0.6 is 11.8 Å². The molecular formula is C11H17NOS. The van der Waals surface area contributed by atoms with Crippen LogP contribution in [0.25, 0.3) is 0 Å². The molecule has 0 saturated carbocycles. The number of thioether (sulfide) groups is 1. The van der Waals surface area contributed by atoms with Crippen molar-refractivity contribution in [1.82, 2.24) is 0 Å². The Hall–Kier alpha value is -0.670. The third-order valence-corrected chi connectivity index (χ3v) is 2.76. The van der Waals surface area contributed by atoms with E-state index in [-0.39, 0.29) is 0 Å². The number of hydrogen-bond acceptors (Lipinski definition) is 3. The standard InChI is InChI=1S/C11H17NOS/c1-10-2-4-11(5-3-10)13-7-9-14-8-6-12/h2-5H,6-9,12H2,1H3. The molecule has 1 aromatic rings. The van der Waals surface area contributed by atoms with Gasteiger partial charge in [0.25, 0.3) is 0 Å². The zero-order valence-corrected chi connectivity index (χ0v) is 9.35. The molecule has 0 amide bonds. The van der Waals surface area contributed by atoms with Gasteiger partial charge in [-0.1, -0.05) is 17.7 Å². The second kappa shape index (κ2) is 6.74. The van der Waals surface area contributed by atoms with Crippen LogP contribution in [0.1, 0.15) is 5.56 Å². The molecule has 1 rings (SSSR count). The topological polar surface area (TPSA) is 35.2 Å². The van der Waals surface area contributed by atoms with Crippen LogP contribution in [0.5, 0.6) is 5.75 Å². The first-order chi connectivity index (χ1) is 6.83. The number of benzene rings is 1. The Morgan fingerprint density at radius 1 is 1.21 bits per heavy atom. The van der Waals surface area contributed by atoms with Crippen LogP contribution in [0.2, 0.25) is 0 Å². The summed E-state index contributed by atoms with van der Waals surface area (Å²) in [6, 6.07) is 8.12. The van der Waals surface area contributed by atoms with Crippen molar-refractivity contribution in [3.05, 3.63) is 29.8 Å². The lowest BCUT2D eigenvalue weighted by atomic mass is 10.2. The van der Waals surface area contributed by atoms with Gasteiger partial charge in [-0.05, 0) is 19.1 Å². The van der Waals surface area contributed by atoms with Gasteiger partial charge >= 0.3 is 0 Å². The van der Waals surface area contributed by atoms with Crippen molar-refractivity contribution < 1.29 is 4.74 Å². The molecule has 0 aromatic heterocycles. The van der Waals surface area contributed by atoms with Gasteiger partial charge in [0, 0.05) is 18.1 Å². The molecule has 0 bridgehead atoms. The second-order valence-electron chi connectivity index (χ2n) is 3.06. The van der Waals surface area contributed by atoms with Gasteiger partial charge in [-0.3, -0.25) is 0 Å². The molecule has 2 nitrogen and oxygen atoms in total. The molecule has 78 valence electrons. The third-order valence-electron chi connectivity index (χ3n) is 1.78. The van der Waals surface area contributed by atoms with Crippen LogP contribution in [0, 0.1) is 6.92 Å². The first-order valence-corrected chi connectivity index (χ1v) is 5.95. The van der Waals surface area contributed by atoms with Crippen molar-refractivity contribution in [3.8, 4) is 5.75 Å². The summed E-state index contributed by atoms with van der Waals surface area (Å²) in [6.45, 7) is 3.57. The van der Waals surface area contributed by atoms with Crippen molar-refractivity contribution in [2.45, 2.75) is 6.92 Å². The van der Waals surface area contributed by atoms with E-state index in [4.69, 9.17) is 10.5 Å². The summed E-state index contributed by atoms with van der Waals surface area (Å²) < 4.78 is 5.55. The van der Waals surface area contributed by atoms with E-state index >= 15 is 0 Å². The van der Waals surface area contributed by atoms with E-state index in [1.54, 1.807) is 0 Å². The van der Waals surface area contributed by atoms with Gasteiger partial charge in [-0.2, -0.15) is 11.8 Å². The van der Waals surface area contributed by atoms with E-state index in [2.05, 4.69) is 19.1 Å². The predicted octanol–water partition coefficient (Wildman–Crippen LogP) is 2.07. The molecule has 0 aliphatic rings. The first-order valence-electron chi connectivity index (χ1n) is 4.80. The number of hydrogen-bond donors (Lipinski definition) is 1. The number of rotatable bonds is 6. The molecule has 0 spiro atoms. The van der Waals surface area contributed by atoms with Crippen LogP contribution < -0.4 is 10.5 Å². The van der Waals surface area contributed by atoms with Gasteiger partial charge in [0.2, 0.25) is 0 Å². The highest BCUT2D eigenvalue weighted by atomic mass is 32.2. The average molecular weight is 211 g/mol. The summed E-state index contributed by atoms with van der Waals surface area (Å²) in [5, 5.41) is 0. The molecule has 0 unspecified atom stereocenters. The Morgan fingerprint density at radius 2 is 1.93 bits per heavy atom. The first kappa shape index (κ1) is 11.4. The summed E-state index contributed by atoms with van der Waals surface area (Å²) >= 11 is 1.83. The van der Waals surface area contributed by atoms with Crippen molar-refractivity contribution in [2.24, 2.45) is 5.73 Å². The minimum atomic E-state index is 0.745. The van der Waals surface area contributed by atoms with E-state index in [9.17, 15) is 0 Å².